The van der Waals surface area contributed by atoms with Gasteiger partial charge in [-0.2, -0.15) is 0 Å². The van der Waals surface area contributed by atoms with Gasteiger partial charge >= 0.3 is 6.09 Å². The predicted molar refractivity (Wildman–Crippen MR) is 129 cm³/mol. The fourth-order valence-corrected chi connectivity index (χ4v) is 3.89. The van der Waals surface area contributed by atoms with E-state index in [1.165, 1.54) is 23.0 Å². The molecule has 2 heterocycles. The Morgan fingerprint density at radius 3 is 2.66 bits per heavy atom. The standard InChI is InChI=1S/C24H26FN5O5/c1-28(2)16-4-3-5-17(10-16)35-21-11-18-19(12-20(21)27-24(33)34)26-14-30(23(18)32)13-22(31)29-8-6-15(25)7-9-29/h3-5,10-12,14-15,27H,6-9,13H2,1-2H3,(H,33,34). The number of rotatable bonds is 6. The lowest BCUT2D eigenvalue weighted by atomic mass is 10.1. The maximum absolute atomic E-state index is 13.4. The molecule has 0 saturated carbocycles. The first-order valence-electron chi connectivity index (χ1n) is 11.1. The highest BCUT2D eigenvalue weighted by Gasteiger charge is 2.23. The van der Waals surface area contributed by atoms with Gasteiger partial charge in [0.2, 0.25) is 5.91 Å². The number of likely N-dealkylation sites (tertiary alicyclic amines) is 1. The number of ether oxygens (including phenoxy) is 1. The molecule has 0 aliphatic carbocycles. The number of fused-ring (bicyclic) bond motifs is 1. The van der Waals surface area contributed by atoms with Gasteiger partial charge in [0.1, 0.15) is 18.5 Å². The zero-order chi connectivity index (χ0) is 25.1. The first-order chi connectivity index (χ1) is 16.7. The van der Waals surface area contributed by atoms with Crippen molar-refractivity contribution in [3.05, 3.63) is 53.1 Å². The van der Waals surface area contributed by atoms with Crippen molar-refractivity contribution < 1.29 is 23.8 Å². The van der Waals surface area contributed by atoms with Gasteiger partial charge in [-0.05, 0) is 37.1 Å². The molecule has 1 saturated heterocycles. The molecule has 0 spiro atoms. The Labute approximate surface area is 200 Å². The summed E-state index contributed by atoms with van der Waals surface area (Å²) in [6, 6.07) is 9.99. The first kappa shape index (κ1) is 24.0. The Bertz CT molecular complexity index is 1320. The molecule has 4 rings (SSSR count). The van der Waals surface area contributed by atoms with Crippen LogP contribution >= 0.6 is 0 Å². The van der Waals surface area contributed by atoms with Crippen molar-refractivity contribution >= 4 is 34.3 Å². The maximum Gasteiger partial charge on any atom is 0.409 e. The summed E-state index contributed by atoms with van der Waals surface area (Å²) in [6.07, 6.45) is -0.394. The van der Waals surface area contributed by atoms with E-state index in [9.17, 15) is 23.9 Å². The number of nitrogens with zero attached hydrogens (tertiary/aromatic N) is 4. The number of benzene rings is 2. The van der Waals surface area contributed by atoms with E-state index in [0.29, 0.717) is 18.8 Å². The highest BCUT2D eigenvalue weighted by atomic mass is 19.1. The molecule has 1 aliphatic rings. The van der Waals surface area contributed by atoms with E-state index in [0.717, 1.165) is 5.69 Å². The zero-order valence-electron chi connectivity index (χ0n) is 19.4. The zero-order valence-corrected chi connectivity index (χ0v) is 19.4. The third-order valence-electron chi connectivity index (χ3n) is 5.81. The number of carbonyl (C=O) groups excluding carboxylic acids is 1. The van der Waals surface area contributed by atoms with Gasteiger partial charge in [-0.25, -0.2) is 14.2 Å². The van der Waals surface area contributed by atoms with Gasteiger partial charge in [0.05, 0.1) is 22.9 Å². The number of nitrogens with one attached hydrogen (secondary N) is 1. The smallest absolute Gasteiger partial charge is 0.409 e. The van der Waals surface area contributed by atoms with E-state index < -0.39 is 17.8 Å². The molecule has 35 heavy (non-hydrogen) atoms. The van der Waals surface area contributed by atoms with Gasteiger partial charge in [0, 0.05) is 38.9 Å². The number of piperidine rings is 1. The fraction of sp³-hybridized carbons (Fsp3) is 0.333. The third kappa shape index (κ3) is 5.51. The molecule has 0 bridgehead atoms. The minimum absolute atomic E-state index is 0.115. The van der Waals surface area contributed by atoms with Gasteiger partial charge in [-0.3, -0.25) is 19.5 Å². The number of carbonyl (C=O) groups is 2. The van der Waals surface area contributed by atoms with Crippen molar-refractivity contribution in [1.29, 1.82) is 0 Å². The van der Waals surface area contributed by atoms with Gasteiger partial charge in [0.15, 0.2) is 5.75 Å². The summed E-state index contributed by atoms with van der Waals surface area (Å²) in [5.41, 5.74) is 0.762. The monoisotopic (exact) mass is 483 g/mol. The molecule has 0 unspecified atom stereocenters. The fourth-order valence-electron chi connectivity index (χ4n) is 3.89. The third-order valence-corrected chi connectivity index (χ3v) is 5.81. The van der Waals surface area contributed by atoms with Crippen LogP contribution in [0.4, 0.5) is 20.6 Å². The summed E-state index contributed by atoms with van der Waals surface area (Å²) in [5.74, 6) is 0.268. The van der Waals surface area contributed by atoms with Gasteiger partial charge < -0.3 is 19.6 Å². The summed E-state index contributed by atoms with van der Waals surface area (Å²) >= 11 is 0. The van der Waals surface area contributed by atoms with Crippen LogP contribution in [0.5, 0.6) is 11.5 Å². The van der Waals surface area contributed by atoms with Crippen molar-refractivity contribution in [1.82, 2.24) is 14.5 Å². The van der Waals surface area contributed by atoms with Gasteiger partial charge in [-0.1, -0.05) is 6.07 Å². The van der Waals surface area contributed by atoms with Crippen LogP contribution in [0.1, 0.15) is 12.8 Å². The van der Waals surface area contributed by atoms with Gasteiger partial charge in [0.25, 0.3) is 5.56 Å². The highest BCUT2D eigenvalue weighted by Crippen LogP contribution is 2.33. The van der Waals surface area contributed by atoms with Crippen LogP contribution in [0.2, 0.25) is 0 Å². The molecule has 3 aromatic rings. The molecular formula is C24H26FN5O5. The number of anilines is 2. The second-order valence-corrected chi connectivity index (χ2v) is 8.52. The second-order valence-electron chi connectivity index (χ2n) is 8.52. The highest BCUT2D eigenvalue weighted by molar-refractivity contribution is 5.92. The number of carboxylic acid groups (broad SMARTS) is 1. The Balaban J connectivity index is 1.68. The lowest BCUT2D eigenvalue weighted by Crippen LogP contribution is -2.42. The summed E-state index contributed by atoms with van der Waals surface area (Å²) in [4.78, 5) is 44.8. The molecule has 184 valence electrons. The molecule has 10 nitrogen and oxygen atoms in total. The van der Waals surface area contributed by atoms with E-state index >= 15 is 0 Å². The molecule has 0 radical (unpaired) electrons. The molecule has 2 N–H and O–H groups in total. The number of amides is 2. The quantitative estimate of drug-likeness (QED) is 0.552. The number of aromatic nitrogens is 2. The first-order valence-corrected chi connectivity index (χ1v) is 11.1. The van der Waals surface area contributed by atoms with Crippen LogP contribution < -0.4 is 20.5 Å². The molecule has 2 aromatic carbocycles. The lowest BCUT2D eigenvalue weighted by Gasteiger charge is -2.28. The van der Waals surface area contributed by atoms with Crippen LogP contribution in [-0.2, 0) is 11.3 Å². The Hall–Kier alpha value is -4.15. The van der Waals surface area contributed by atoms with Gasteiger partial charge in [-0.15, -0.1) is 0 Å². The summed E-state index contributed by atoms with van der Waals surface area (Å²) in [6.45, 7) is 0.392. The van der Waals surface area contributed by atoms with Crippen LogP contribution in [-0.4, -0.2) is 64.9 Å². The van der Waals surface area contributed by atoms with E-state index in [2.05, 4.69) is 10.3 Å². The average molecular weight is 484 g/mol. The summed E-state index contributed by atoms with van der Waals surface area (Å²) in [7, 11) is 3.75. The maximum atomic E-state index is 13.4. The van der Waals surface area contributed by atoms with E-state index in [1.807, 2.05) is 25.1 Å². The van der Waals surface area contributed by atoms with Crippen molar-refractivity contribution in [2.24, 2.45) is 0 Å². The Morgan fingerprint density at radius 2 is 1.97 bits per heavy atom. The van der Waals surface area contributed by atoms with Crippen LogP contribution in [0.3, 0.4) is 0 Å². The molecule has 2 amide bonds. The van der Waals surface area contributed by atoms with E-state index in [-0.39, 0.29) is 47.6 Å². The van der Waals surface area contributed by atoms with Crippen molar-refractivity contribution in [3.8, 4) is 11.5 Å². The minimum Gasteiger partial charge on any atom is -0.465 e. The molecule has 1 fully saturated rings. The summed E-state index contributed by atoms with van der Waals surface area (Å²) in [5, 5.41) is 11.7. The van der Waals surface area contributed by atoms with E-state index in [4.69, 9.17) is 4.74 Å². The normalized spacial score (nSPS) is 14.1. The summed E-state index contributed by atoms with van der Waals surface area (Å²) < 4.78 is 20.5. The SMILES string of the molecule is CN(C)c1cccc(Oc2cc3c(=O)n(CC(=O)N4CCC(F)CC4)cnc3cc2NC(=O)O)c1. The van der Waals surface area contributed by atoms with E-state index in [1.54, 1.807) is 23.1 Å². The predicted octanol–water partition coefficient (Wildman–Crippen LogP) is 3.31. The number of alkyl halides is 1. The average Bonchev–Trinajstić information content (AvgIpc) is 2.82. The van der Waals surface area contributed by atoms with Crippen molar-refractivity contribution in [2.45, 2.75) is 25.6 Å². The number of halogens is 1. The van der Waals surface area contributed by atoms with Crippen LogP contribution in [0.15, 0.2) is 47.5 Å². The van der Waals surface area contributed by atoms with Crippen LogP contribution in [0.25, 0.3) is 10.9 Å². The minimum atomic E-state index is -1.30. The van der Waals surface area contributed by atoms with Crippen LogP contribution in [0, 0.1) is 0 Å². The molecule has 0 atom stereocenters. The molecule has 11 heteroatoms. The number of hydrogen-bond donors (Lipinski definition) is 2. The van der Waals surface area contributed by atoms with Crippen molar-refractivity contribution in [2.75, 3.05) is 37.4 Å². The Morgan fingerprint density at radius 1 is 1.23 bits per heavy atom. The van der Waals surface area contributed by atoms with Crippen molar-refractivity contribution in [3.63, 3.8) is 0 Å². The molecule has 1 aromatic heterocycles. The lowest BCUT2D eigenvalue weighted by molar-refractivity contribution is -0.133. The largest absolute Gasteiger partial charge is 0.465 e. The molecule has 1 aliphatic heterocycles. The Kier molecular flexibility index (Phi) is 6.85. The number of hydrogen-bond acceptors (Lipinski definition) is 6. The topological polar surface area (TPSA) is 117 Å². The molecular weight excluding hydrogens is 457 g/mol. The second kappa shape index (κ2) is 10.00.